The second-order valence-electron chi connectivity index (χ2n) is 6.56. The molecule has 2 aromatic carbocycles. The molecule has 1 fully saturated rings. The summed E-state index contributed by atoms with van der Waals surface area (Å²) in [5.74, 6) is 0. The molecule has 0 radical (unpaired) electrons. The highest BCUT2D eigenvalue weighted by Gasteiger charge is 2.39. The number of fused-ring (bicyclic) bond motifs is 1. The molecular formula is C18H19N3O4S. The molecule has 0 aromatic heterocycles. The number of rotatable bonds is 2. The van der Waals surface area contributed by atoms with Crippen LogP contribution in [0.15, 0.2) is 48.5 Å². The summed E-state index contributed by atoms with van der Waals surface area (Å²) in [6.07, 6.45) is -0.507. The molecule has 2 aromatic rings. The van der Waals surface area contributed by atoms with Crippen LogP contribution in [0.2, 0.25) is 0 Å². The predicted octanol–water partition coefficient (Wildman–Crippen LogP) is 2.58. The average molecular weight is 373 g/mol. The second kappa shape index (κ2) is 6.30. The van der Waals surface area contributed by atoms with Crippen LogP contribution in [0.5, 0.6) is 0 Å². The minimum Gasteiger partial charge on any atom is -0.465 e. The zero-order valence-corrected chi connectivity index (χ0v) is 14.8. The summed E-state index contributed by atoms with van der Waals surface area (Å²) in [6, 6.07) is 15.2. The Labute approximate surface area is 152 Å². The largest absolute Gasteiger partial charge is 0.465 e. The maximum atomic E-state index is 12.7. The number of anilines is 1. The molecule has 0 spiro atoms. The molecule has 2 aliphatic heterocycles. The predicted molar refractivity (Wildman–Crippen MR) is 98.0 cm³/mol. The highest BCUT2D eigenvalue weighted by Crippen LogP contribution is 2.33. The Morgan fingerprint density at radius 1 is 1.12 bits per heavy atom. The Balaban J connectivity index is 1.62. The van der Waals surface area contributed by atoms with Gasteiger partial charge in [0.1, 0.15) is 0 Å². The normalized spacial score (nSPS) is 21.8. The van der Waals surface area contributed by atoms with E-state index >= 15 is 0 Å². The van der Waals surface area contributed by atoms with Crippen molar-refractivity contribution in [2.24, 2.45) is 0 Å². The van der Waals surface area contributed by atoms with E-state index in [1.54, 1.807) is 0 Å². The standard InChI is InChI=1S/C18H19N3O4S/c22-18(23)20-9-8-16(12-20)21-11-15-7-6-14(13-4-2-1-3-5-13)10-17(15)19-26(21,24)25/h1-7,10,16,19H,8-9,11-12H2,(H,22,23)/t16-/m1/s1. The monoisotopic (exact) mass is 373 g/mol. The van der Waals surface area contributed by atoms with Gasteiger partial charge in [-0.15, -0.1) is 0 Å². The van der Waals surface area contributed by atoms with Gasteiger partial charge < -0.3 is 10.0 Å². The molecule has 2 heterocycles. The molecule has 2 aliphatic rings. The SMILES string of the molecule is O=C(O)N1CC[C@@H](N2Cc3ccc(-c4ccccc4)cc3NS2(=O)=O)C1. The van der Waals surface area contributed by atoms with E-state index in [1.807, 2.05) is 48.5 Å². The molecule has 0 bridgehead atoms. The first-order valence-corrected chi connectivity index (χ1v) is 9.84. The van der Waals surface area contributed by atoms with Crippen molar-refractivity contribution in [2.75, 3.05) is 17.8 Å². The van der Waals surface area contributed by atoms with Gasteiger partial charge in [0.2, 0.25) is 0 Å². The Hall–Kier alpha value is -2.58. The lowest BCUT2D eigenvalue weighted by Crippen LogP contribution is -2.47. The van der Waals surface area contributed by atoms with Gasteiger partial charge in [0.25, 0.3) is 0 Å². The van der Waals surface area contributed by atoms with Crippen LogP contribution in [0.1, 0.15) is 12.0 Å². The molecule has 1 atom stereocenters. The number of hydrogen-bond acceptors (Lipinski definition) is 3. The van der Waals surface area contributed by atoms with E-state index in [0.29, 0.717) is 18.7 Å². The number of benzene rings is 2. The van der Waals surface area contributed by atoms with E-state index in [0.717, 1.165) is 16.7 Å². The summed E-state index contributed by atoms with van der Waals surface area (Å²) in [4.78, 5) is 12.4. The average Bonchev–Trinajstić information content (AvgIpc) is 3.10. The van der Waals surface area contributed by atoms with Gasteiger partial charge in [0, 0.05) is 25.7 Å². The third kappa shape index (κ3) is 3.02. The molecule has 0 aliphatic carbocycles. The van der Waals surface area contributed by atoms with Gasteiger partial charge in [-0.3, -0.25) is 4.72 Å². The number of carboxylic acid groups (broad SMARTS) is 1. The third-order valence-electron chi connectivity index (χ3n) is 4.93. The summed E-state index contributed by atoms with van der Waals surface area (Å²) >= 11 is 0. The highest BCUT2D eigenvalue weighted by atomic mass is 32.2. The van der Waals surface area contributed by atoms with Crippen LogP contribution in [-0.2, 0) is 16.8 Å². The fourth-order valence-corrected chi connectivity index (χ4v) is 5.00. The van der Waals surface area contributed by atoms with Gasteiger partial charge in [0.15, 0.2) is 0 Å². The lowest BCUT2D eigenvalue weighted by Gasteiger charge is -2.33. The Morgan fingerprint density at radius 3 is 2.58 bits per heavy atom. The Morgan fingerprint density at radius 2 is 1.88 bits per heavy atom. The zero-order valence-electron chi connectivity index (χ0n) is 14.0. The summed E-state index contributed by atoms with van der Waals surface area (Å²) in [6.45, 7) is 0.803. The van der Waals surface area contributed by atoms with Crippen molar-refractivity contribution in [2.45, 2.75) is 19.0 Å². The maximum absolute atomic E-state index is 12.7. The van der Waals surface area contributed by atoms with Crippen molar-refractivity contribution >= 4 is 22.0 Å². The van der Waals surface area contributed by atoms with Crippen molar-refractivity contribution in [3.05, 3.63) is 54.1 Å². The Kier molecular flexibility index (Phi) is 4.08. The topological polar surface area (TPSA) is 89.9 Å². The van der Waals surface area contributed by atoms with E-state index in [9.17, 15) is 13.2 Å². The number of carbonyl (C=O) groups is 1. The number of hydrogen-bond donors (Lipinski definition) is 2. The molecule has 0 unspecified atom stereocenters. The van der Waals surface area contributed by atoms with Gasteiger partial charge in [-0.25, -0.2) is 4.79 Å². The molecule has 1 saturated heterocycles. The molecule has 4 rings (SSSR count). The van der Waals surface area contributed by atoms with Crippen molar-refractivity contribution in [1.29, 1.82) is 0 Å². The van der Waals surface area contributed by atoms with Crippen molar-refractivity contribution < 1.29 is 18.3 Å². The van der Waals surface area contributed by atoms with Crippen LogP contribution < -0.4 is 4.72 Å². The van der Waals surface area contributed by atoms with E-state index in [4.69, 9.17) is 5.11 Å². The fourth-order valence-electron chi connectivity index (χ4n) is 3.55. The minimum atomic E-state index is -3.70. The van der Waals surface area contributed by atoms with E-state index in [2.05, 4.69) is 4.72 Å². The van der Waals surface area contributed by atoms with Gasteiger partial charge in [0.05, 0.1) is 5.69 Å². The number of nitrogens with zero attached hydrogens (tertiary/aromatic N) is 2. The number of nitrogens with one attached hydrogen (secondary N) is 1. The van der Waals surface area contributed by atoms with Crippen molar-refractivity contribution in [3.63, 3.8) is 0 Å². The second-order valence-corrected chi connectivity index (χ2v) is 8.18. The van der Waals surface area contributed by atoms with Gasteiger partial charge in [-0.2, -0.15) is 12.7 Å². The molecule has 26 heavy (non-hydrogen) atoms. The molecule has 2 N–H and O–H groups in total. The summed E-state index contributed by atoms with van der Waals surface area (Å²) < 4.78 is 29.4. The van der Waals surface area contributed by atoms with Crippen LogP contribution in [-0.4, -0.2) is 48.0 Å². The lowest BCUT2D eigenvalue weighted by atomic mass is 10.0. The van der Waals surface area contributed by atoms with Crippen LogP contribution in [0.25, 0.3) is 11.1 Å². The smallest absolute Gasteiger partial charge is 0.407 e. The first-order valence-electron chi connectivity index (χ1n) is 8.40. The molecular weight excluding hydrogens is 354 g/mol. The third-order valence-corrected chi connectivity index (χ3v) is 6.45. The van der Waals surface area contributed by atoms with Crippen LogP contribution in [0.4, 0.5) is 10.5 Å². The number of amides is 1. The van der Waals surface area contributed by atoms with Crippen LogP contribution in [0.3, 0.4) is 0 Å². The lowest BCUT2D eigenvalue weighted by molar-refractivity contribution is 0.152. The molecule has 7 nitrogen and oxygen atoms in total. The van der Waals surface area contributed by atoms with Gasteiger partial charge >= 0.3 is 16.3 Å². The van der Waals surface area contributed by atoms with E-state index < -0.39 is 16.3 Å². The van der Waals surface area contributed by atoms with Crippen molar-refractivity contribution in [3.8, 4) is 11.1 Å². The first-order chi connectivity index (χ1) is 12.4. The quantitative estimate of drug-likeness (QED) is 0.847. The summed E-state index contributed by atoms with van der Waals surface area (Å²) in [7, 11) is -3.70. The number of likely N-dealkylation sites (tertiary alicyclic amines) is 1. The summed E-state index contributed by atoms with van der Waals surface area (Å²) in [5, 5.41) is 9.10. The maximum Gasteiger partial charge on any atom is 0.407 e. The Bertz CT molecular complexity index is 946. The van der Waals surface area contributed by atoms with Gasteiger partial charge in [-0.05, 0) is 29.2 Å². The van der Waals surface area contributed by atoms with Crippen molar-refractivity contribution in [1.82, 2.24) is 9.21 Å². The molecule has 1 amide bonds. The van der Waals surface area contributed by atoms with E-state index in [1.165, 1.54) is 9.21 Å². The summed E-state index contributed by atoms with van der Waals surface area (Å²) in [5.41, 5.74) is 3.42. The fraction of sp³-hybridized carbons (Fsp3) is 0.278. The molecule has 8 heteroatoms. The zero-order chi connectivity index (χ0) is 18.3. The van der Waals surface area contributed by atoms with Crippen LogP contribution in [0, 0.1) is 0 Å². The van der Waals surface area contributed by atoms with E-state index in [-0.39, 0.29) is 19.1 Å². The molecule has 136 valence electrons. The highest BCUT2D eigenvalue weighted by molar-refractivity contribution is 7.90. The minimum absolute atomic E-state index is 0.202. The first kappa shape index (κ1) is 16.9. The van der Waals surface area contributed by atoms with Gasteiger partial charge in [-0.1, -0.05) is 42.5 Å². The van der Waals surface area contributed by atoms with Crippen LogP contribution >= 0.6 is 0 Å². The molecule has 0 saturated carbocycles.